The van der Waals surface area contributed by atoms with Gasteiger partial charge in [-0.1, -0.05) is 18.2 Å². The second-order valence-electron chi connectivity index (χ2n) is 7.78. The molecule has 0 aliphatic carbocycles. The summed E-state index contributed by atoms with van der Waals surface area (Å²) in [6, 6.07) is 5.49. The lowest BCUT2D eigenvalue weighted by molar-refractivity contribution is -0.137. The van der Waals surface area contributed by atoms with Crippen LogP contribution >= 0.6 is 0 Å². The number of halogens is 3. The van der Waals surface area contributed by atoms with Crippen molar-refractivity contribution in [2.45, 2.75) is 57.3 Å². The first-order chi connectivity index (χ1) is 13.8. The average molecular weight is 411 g/mol. The van der Waals surface area contributed by atoms with E-state index in [-0.39, 0.29) is 17.9 Å². The van der Waals surface area contributed by atoms with Gasteiger partial charge in [-0.15, -0.1) is 0 Å². The molecule has 1 aromatic rings. The number of amides is 2. The van der Waals surface area contributed by atoms with Gasteiger partial charge in [0.15, 0.2) is 0 Å². The number of alkyl halides is 3. The predicted octanol–water partition coefficient (Wildman–Crippen LogP) is 3.19. The summed E-state index contributed by atoms with van der Waals surface area (Å²) in [6.45, 7) is 3.16. The van der Waals surface area contributed by atoms with Crippen LogP contribution < -0.4 is 5.32 Å². The Balaban J connectivity index is 1.40. The number of benzene rings is 1. The molecule has 3 rings (SSSR count). The fourth-order valence-corrected chi connectivity index (χ4v) is 4.13. The highest BCUT2D eigenvalue weighted by Gasteiger charge is 2.31. The highest BCUT2D eigenvalue weighted by Crippen LogP contribution is 2.29. The van der Waals surface area contributed by atoms with Crippen molar-refractivity contribution in [1.82, 2.24) is 15.1 Å². The van der Waals surface area contributed by atoms with Gasteiger partial charge in [0.05, 0.1) is 5.56 Å². The number of carbonyl (C=O) groups excluding carboxylic acids is 2. The second-order valence-corrected chi connectivity index (χ2v) is 7.78. The molecular weight excluding hydrogens is 383 g/mol. The van der Waals surface area contributed by atoms with Crippen LogP contribution in [0, 0.1) is 0 Å². The van der Waals surface area contributed by atoms with Crippen molar-refractivity contribution in [3.63, 3.8) is 0 Å². The van der Waals surface area contributed by atoms with E-state index in [1.54, 1.807) is 6.07 Å². The minimum atomic E-state index is -4.33. The summed E-state index contributed by atoms with van der Waals surface area (Å²) in [4.78, 5) is 27.6. The van der Waals surface area contributed by atoms with Crippen LogP contribution in [0.5, 0.6) is 0 Å². The maximum absolute atomic E-state index is 12.8. The average Bonchev–Trinajstić information content (AvgIpc) is 3.24. The van der Waals surface area contributed by atoms with Gasteiger partial charge in [-0.2, -0.15) is 13.2 Å². The van der Waals surface area contributed by atoms with E-state index >= 15 is 0 Å². The Morgan fingerprint density at radius 2 is 1.93 bits per heavy atom. The summed E-state index contributed by atoms with van der Waals surface area (Å²) in [5.74, 6) is 0.355. The Hall–Kier alpha value is -2.09. The minimum Gasteiger partial charge on any atom is -0.343 e. The van der Waals surface area contributed by atoms with Gasteiger partial charge in [0.1, 0.15) is 0 Å². The molecule has 2 saturated heterocycles. The van der Waals surface area contributed by atoms with E-state index in [1.165, 1.54) is 6.07 Å². The number of likely N-dealkylation sites (tertiary alicyclic amines) is 2. The van der Waals surface area contributed by atoms with Crippen molar-refractivity contribution in [3.05, 3.63) is 35.4 Å². The minimum absolute atomic E-state index is 0.153. The van der Waals surface area contributed by atoms with Gasteiger partial charge < -0.3 is 15.1 Å². The molecule has 1 atom stereocenters. The van der Waals surface area contributed by atoms with E-state index in [0.29, 0.717) is 44.6 Å². The Morgan fingerprint density at radius 1 is 1.10 bits per heavy atom. The van der Waals surface area contributed by atoms with Gasteiger partial charge in [-0.05, 0) is 43.9 Å². The van der Waals surface area contributed by atoms with Gasteiger partial charge in [0, 0.05) is 45.1 Å². The molecule has 2 heterocycles. The number of hydrogen-bond donors (Lipinski definition) is 1. The molecule has 0 saturated carbocycles. The first-order valence-electron chi connectivity index (χ1n) is 10.3. The van der Waals surface area contributed by atoms with Gasteiger partial charge in [0.25, 0.3) is 0 Å². The Kier molecular flexibility index (Phi) is 7.16. The van der Waals surface area contributed by atoms with Gasteiger partial charge >= 0.3 is 6.18 Å². The van der Waals surface area contributed by atoms with E-state index in [1.807, 2.05) is 9.80 Å². The summed E-state index contributed by atoms with van der Waals surface area (Å²) in [6.07, 6.45) is 0.123. The summed E-state index contributed by atoms with van der Waals surface area (Å²) in [7, 11) is 0. The van der Waals surface area contributed by atoms with Crippen molar-refractivity contribution in [3.8, 4) is 0 Å². The molecule has 0 radical (unpaired) electrons. The first-order valence-corrected chi connectivity index (χ1v) is 10.3. The van der Waals surface area contributed by atoms with Crippen LogP contribution in [0.25, 0.3) is 0 Å². The third kappa shape index (κ3) is 5.95. The van der Waals surface area contributed by atoms with E-state index in [9.17, 15) is 22.8 Å². The largest absolute Gasteiger partial charge is 0.416 e. The Bertz CT molecular complexity index is 723. The number of nitrogens with one attached hydrogen (secondary N) is 1. The third-order valence-electron chi connectivity index (χ3n) is 5.69. The molecule has 8 heteroatoms. The number of nitrogens with zero attached hydrogens (tertiary/aromatic N) is 2. The molecule has 1 N–H and O–H groups in total. The number of carbonyl (C=O) groups is 2. The van der Waals surface area contributed by atoms with Gasteiger partial charge in [0.2, 0.25) is 11.8 Å². The molecule has 0 spiro atoms. The molecule has 2 aliphatic rings. The van der Waals surface area contributed by atoms with Crippen molar-refractivity contribution in [1.29, 1.82) is 0 Å². The van der Waals surface area contributed by atoms with Crippen LogP contribution in [-0.4, -0.2) is 53.8 Å². The molecule has 0 unspecified atom stereocenters. The topological polar surface area (TPSA) is 52.7 Å². The van der Waals surface area contributed by atoms with Crippen molar-refractivity contribution < 1.29 is 22.8 Å². The molecule has 5 nitrogen and oxygen atoms in total. The zero-order valence-electron chi connectivity index (χ0n) is 16.5. The molecule has 2 aliphatic heterocycles. The summed E-state index contributed by atoms with van der Waals surface area (Å²) >= 11 is 0. The maximum atomic E-state index is 12.8. The first kappa shape index (κ1) is 21.6. The van der Waals surface area contributed by atoms with Gasteiger partial charge in [-0.3, -0.25) is 9.59 Å². The Labute approximate surface area is 169 Å². The third-order valence-corrected chi connectivity index (χ3v) is 5.69. The molecule has 2 amide bonds. The van der Waals surface area contributed by atoms with E-state index in [4.69, 9.17) is 0 Å². The zero-order valence-corrected chi connectivity index (χ0v) is 16.5. The summed E-state index contributed by atoms with van der Waals surface area (Å²) in [5, 5.41) is 3.19. The van der Waals surface area contributed by atoms with E-state index < -0.39 is 11.7 Å². The quantitative estimate of drug-likeness (QED) is 0.635. The van der Waals surface area contributed by atoms with Crippen LogP contribution in [0.4, 0.5) is 13.2 Å². The normalized spacial score (nSPS) is 20.2. The van der Waals surface area contributed by atoms with Crippen LogP contribution in [-0.2, 0) is 22.3 Å². The summed E-state index contributed by atoms with van der Waals surface area (Å²) < 4.78 is 38.3. The smallest absolute Gasteiger partial charge is 0.343 e. The SMILES string of the molecule is O=C1CCCN1CCCN1C(=O)CC[C@H]1CCNCc1cccc(C(F)(F)F)c1. The molecule has 2 fully saturated rings. The molecule has 29 heavy (non-hydrogen) atoms. The molecule has 0 bridgehead atoms. The lowest BCUT2D eigenvalue weighted by atomic mass is 10.1. The number of hydrogen-bond acceptors (Lipinski definition) is 3. The summed E-state index contributed by atoms with van der Waals surface area (Å²) in [5.41, 5.74) is -0.0460. The van der Waals surface area contributed by atoms with Crippen molar-refractivity contribution in [2.24, 2.45) is 0 Å². The lowest BCUT2D eigenvalue weighted by Crippen LogP contribution is -2.37. The monoisotopic (exact) mass is 411 g/mol. The number of rotatable bonds is 9. The zero-order chi connectivity index (χ0) is 20.9. The van der Waals surface area contributed by atoms with Gasteiger partial charge in [-0.25, -0.2) is 0 Å². The standard InChI is InChI=1S/C21H28F3N3O2/c22-21(23,24)17-5-1-4-16(14-17)15-25-10-9-18-7-8-20(29)27(18)13-3-12-26-11-2-6-19(26)28/h1,4-5,14,18,25H,2-3,6-13,15H2/t18-/m0/s1. The van der Waals surface area contributed by atoms with Crippen molar-refractivity contribution in [2.75, 3.05) is 26.2 Å². The fourth-order valence-electron chi connectivity index (χ4n) is 4.13. The Morgan fingerprint density at radius 3 is 2.66 bits per heavy atom. The molecule has 160 valence electrons. The van der Waals surface area contributed by atoms with Crippen molar-refractivity contribution >= 4 is 11.8 Å². The fraction of sp³-hybridized carbons (Fsp3) is 0.619. The highest BCUT2D eigenvalue weighted by atomic mass is 19.4. The van der Waals surface area contributed by atoms with E-state index in [0.717, 1.165) is 44.4 Å². The molecular formula is C21H28F3N3O2. The molecule has 1 aromatic carbocycles. The highest BCUT2D eigenvalue weighted by molar-refractivity contribution is 5.79. The lowest BCUT2D eigenvalue weighted by Gasteiger charge is -2.26. The van der Waals surface area contributed by atoms with Crippen LogP contribution in [0.2, 0.25) is 0 Å². The molecule has 0 aromatic heterocycles. The van der Waals surface area contributed by atoms with Crippen LogP contribution in [0.15, 0.2) is 24.3 Å². The maximum Gasteiger partial charge on any atom is 0.416 e. The predicted molar refractivity (Wildman–Crippen MR) is 103 cm³/mol. The second kappa shape index (κ2) is 9.61. The van der Waals surface area contributed by atoms with Crippen LogP contribution in [0.1, 0.15) is 49.7 Å². The van der Waals surface area contributed by atoms with Crippen LogP contribution in [0.3, 0.4) is 0 Å². The van der Waals surface area contributed by atoms with E-state index in [2.05, 4.69) is 5.32 Å².